The van der Waals surface area contributed by atoms with Gasteiger partial charge in [-0.1, -0.05) is 42.5 Å². The van der Waals surface area contributed by atoms with Crippen LogP contribution in [0.1, 0.15) is 11.1 Å². The average Bonchev–Trinajstić information content (AvgIpc) is 2.91. The molecule has 0 atom stereocenters. The number of carbonyl (C=O) groups is 1. The Kier molecular flexibility index (Phi) is 2.61. The summed E-state index contributed by atoms with van der Waals surface area (Å²) in [5.74, 6) is 0.974. The van der Waals surface area contributed by atoms with Gasteiger partial charge < -0.3 is 4.74 Å². The molecule has 0 aromatic heterocycles. The second-order valence-electron chi connectivity index (χ2n) is 5.00. The van der Waals surface area contributed by atoms with Crippen LogP contribution in [0.25, 0.3) is 11.6 Å². The lowest BCUT2D eigenvalue weighted by Crippen LogP contribution is -2.14. The number of para-hydroxylation sites is 1. The zero-order chi connectivity index (χ0) is 14.2. The minimum absolute atomic E-state index is 0.0625. The predicted octanol–water partition coefficient (Wildman–Crippen LogP) is 4.01. The van der Waals surface area contributed by atoms with E-state index in [1.165, 1.54) is 0 Å². The highest BCUT2D eigenvalue weighted by Gasteiger charge is 2.29. The van der Waals surface area contributed by atoms with Crippen LogP contribution in [-0.2, 0) is 4.79 Å². The zero-order valence-corrected chi connectivity index (χ0v) is 11.2. The van der Waals surface area contributed by atoms with Crippen LogP contribution in [0.5, 0.6) is 5.75 Å². The number of carbonyl (C=O) groups excluding carboxylic acids is 1. The van der Waals surface area contributed by atoms with Crippen LogP contribution < -0.4 is 4.74 Å². The van der Waals surface area contributed by atoms with Crippen LogP contribution in [0.4, 0.5) is 0 Å². The molecule has 0 fully saturated rings. The molecule has 2 aliphatic carbocycles. The molecule has 0 heterocycles. The van der Waals surface area contributed by atoms with E-state index in [0.717, 1.165) is 16.7 Å². The lowest BCUT2D eigenvalue weighted by atomic mass is 9.95. The molecule has 2 aliphatic rings. The molecule has 0 aliphatic heterocycles. The number of rotatable bonds is 2. The smallest absolute Gasteiger partial charge is 0.228 e. The van der Waals surface area contributed by atoms with Crippen LogP contribution >= 0.6 is 0 Å². The monoisotopic (exact) mass is 272 g/mol. The Morgan fingerprint density at radius 1 is 0.762 bits per heavy atom. The fraction of sp³-hybridized carbons (Fsp3) is 0. The van der Waals surface area contributed by atoms with E-state index in [0.29, 0.717) is 17.1 Å². The normalized spacial score (nSPS) is 15.6. The number of benzene rings is 2. The molecule has 0 saturated heterocycles. The van der Waals surface area contributed by atoms with E-state index in [1.54, 1.807) is 6.08 Å². The van der Waals surface area contributed by atoms with Gasteiger partial charge >= 0.3 is 0 Å². The number of Topliss-reactive ketones (excluding diaryl/α,β-unsaturated/α-hetero) is 1. The molecule has 0 amide bonds. The summed E-state index contributed by atoms with van der Waals surface area (Å²) in [7, 11) is 0. The van der Waals surface area contributed by atoms with Crippen molar-refractivity contribution in [2.75, 3.05) is 0 Å². The highest BCUT2D eigenvalue weighted by Crippen LogP contribution is 2.39. The molecule has 0 spiro atoms. The van der Waals surface area contributed by atoms with Crippen molar-refractivity contribution in [3.63, 3.8) is 0 Å². The van der Waals surface area contributed by atoms with Gasteiger partial charge in [-0.2, -0.15) is 0 Å². The standard InChI is InChI=1S/C19H12O2/c20-19-17-12-13-6-4-5-9-15(13)16(17)10-11-18(19)21-14-7-2-1-3-8-14/h1-12H. The van der Waals surface area contributed by atoms with Crippen molar-refractivity contribution in [2.24, 2.45) is 0 Å². The van der Waals surface area contributed by atoms with Crippen LogP contribution in [0.2, 0.25) is 0 Å². The van der Waals surface area contributed by atoms with Crippen LogP contribution in [0.3, 0.4) is 0 Å². The van der Waals surface area contributed by atoms with Crippen molar-refractivity contribution in [1.82, 2.24) is 0 Å². The van der Waals surface area contributed by atoms with E-state index < -0.39 is 0 Å². The molecule has 0 saturated carbocycles. The number of ether oxygens (including phenoxy) is 1. The number of allylic oxidation sites excluding steroid dienone is 4. The number of hydrogen-bond donors (Lipinski definition) is 0. The molecule has 0 N–H and O–H groups in total. The molecule has 100 valence electrons. The molecule has 0 radical (unpaired) electrons. The van der Waals surface area contributed by atoms with Gasteiger partial charge in [0.1, 0.15) is 5.75 Å². The summed E-state index contributed by atoms with van der Waals surface area (Å²) >= 11 is 0. The van der Waals surface area contributed by atoms with Crippen LogP contribution in [0, 0.1) is 0 Å². The Morgan fingerprint density at radius 3 is 2.38 bits per heavy atom. The van der Waals surface area contributed by atoms with Gasteiger partial charge in [0.05, 0.1) is 0 Å². The third kappa shape index (κ3) is 1.93. The van der Waals surface area contributed by atoms with Crippen LogP contribution in [0.15, 0.2) is 78.1 Å². The summed E-state index contributed by atoms with van der Waals surface area (Å²) in [6.45, 7) is 0. The third-order valence-corrected chi connectivity index (χ3v) is 3.68. The fourth-order valence-electron chi connectivity index (χ4n) is 2.68. The Morgan fingerprint density at radius 2 is 1.52 bits per heavy atom. The molecule has 4 rings (SSSR count). The van der Waals surface area contributed by atoms with E-state index in [2.05, 4.69) is 0 Å². The SMILES string of the molecule is O=C1C(Oc2ccccc2)=CC=C2C1=Cc1ccccc12. The van der Waals surface area contributed by atoms with Gasteiger partial charge in [-0.15, -0.1) is 0 Å². The van der Waals surface area contributed by atoms with E-state index in [1.807, 2.05) is 66.7 Å². The molecule has 0 bridgehead atoms. The highest BCUT2D eigenvalue weighted by molar-refractivity contribution is 6.25. The molecule has 21 heavy (non-hydrogen) atoms. The molecule has 2 aromatic rings. The lowest BCUT2D eigenvalue weighted by molar-refractivity contribution is -0.113. The first kappa shape index (κ1) is 11.9. The Hall–Kier alpha value is -2.87. The van der Waals surface area contributed by atoms with Gasteiger partial charge in [0.25, 0.3) is 0 Å². The van der Waals surface area contributed by atoms with E-state index >= 15 is 0 Å². The van der Waals surface area contributed by atoms with E-state index in [-0.39, 0.29) is 5.78 Å². The van der Waals surface area contributed by atoms with Crippen molar-refractivity contribution in [1.29, 1.82) is 0 Å². The molecule has 2 heteroatoms. The van der Waals surface area contributed by atoms with Gasteiger partial charge in [0.2, 0.25) is 5.78 Å². The van der Waals surface area contributed by atoms with Gasteiger partial charge in [-0.3, -0.25) is 4.79 Å². The maximum Gasteiger partial charge on any atom is 0.228 e. The summed E-state index contributed by atoms with van der Waals surface area (Å²) in [6, 6.07) is 17.4. The highest BCUT2D eigenvalue weighted by atomic mass is 16.5. The van der Waals surface area contributed by atoms with Crippen molar-refractivity contribution in [3.05, 3.63) is 89.2 Å². The van der Waals surface area contributed by atoms with Gasteiger partial charge in [-0.25, -0.2) is 0 Å². The molecule has 0 unspecified atom stereocenters. The van der Waals surface area contributed by atoms with Gasteiger partial charge in [-0.05, 0) is 47.1 Å². The molecule has 2 aromatic carbocycles. The molecular weight excluding hydrogens is 260 g/mol. The quantitative estimate of drug-likeness (QED) is 0.825. The van der Waals surface area contributed by atoms with Crippen molar-refractivity contribution >= 4 is 17.4 Å². The predicted molar refractivity (Wildman–Crippen MR) is 82.6 cm³/mol. The Labute approximate surface area is 122 Å². The zero-order valence-electron chi connectivity index (χ0n) is 11.2. The van der Waals surface area contributed by atoms with E-state index in [9.17, 15) is 4.79 Å². The minimum atomic E-state index is -0.0625. The maximum absolute atomic E-state index is 12.6. The number of ketones is 1. The topological polar surface area (TPSA) is 26.3 Å². The van der Waals surface area contributed by atoms with Crippen molar-refractivity contribution in [3.8, 4) is 5.75 Å². The Balaban J connectivity index is 1.71. The maximum atomic E-state index is 12.6. The minimum Gasteiger partial charge on any atom is -0.453 e. The van der Waals surface area contributed by atoms with Crippen molar-refractivity contribution in [2.45, 2.75) is 0 Å². The van der Waals surface area contributed by atoms with Crippen LogP contribution in [-0.4, -0.2) is 5.78 Å². The second-order valence-corrected chi connectivity index (χ2v) is 5.00. The van der Waals surface area contributed by atoms with E-state index in [4.69, 9.17) is 4.74 Å². The largest absolute Gasteiger partial charge is 0.453 e. The number of hydrogen-bond acceptors (Lipinski definition) is 2. The molecule has 2 nitrogen and oxygen atoms in total. The first-order valence-electron chi connectivity index (χ1n) is 6.84. The van der Waals surface area contributed by atoms with Crippen molar-refractivity contribution < 1.29 is 9.53 Å². The van der Waals surface area contributed by atoms with Gasteiger partial charge in [0.15, 0.2) is 5.76 Å². The lowest BCUT2D eigenvalue weighted by Gasteiger charge is -2.14. The summed E-state index contributed by atoms with van der Waals surface area (Å²) in [5.41, 5.74) is 3.89. The molecular formula is C19H12O2. The van der Waals surface area contributed by atoms with Gasteiger partial charge in [0, 0.05) is 5.57 Å². The summed E-state index contributed by atoms with van der Waals surface area (Å²) in [5, 5.41) is 0. The first-order valence-corrected chi connectivity index (χ1v) is 6.84. The summed E-state index contributed by atoms with van der Waals surface area (Å²) < 4.78 is 5.70. The fourth-order valence-corrected chi connectivity index (χ4v) is 2.68. The Bertz CT molecular complexity index is 824. The summed E-state index contributed by atoms with van der Waals surface area (Å²) in [4.78, 5) is 12.6. The number of fused-ring (bicyclic) bond motifs is 3. The second kappa shape index (κ2) is 4.60. The summed E-state index contributed by atoms with van der Waals surface area (Å²) in [6.07, 6.45) is 5.65. The average molecular weight is 272 g/mol. The first-order chi connectivity index (χ1) is 10.3. The third-order valence-electron chi connectivity index (χ3n) is 3.68.